The molecule has 0 saturated carbocycles. The van der Waals surface area contributed by atoms with Crippen LogP contribution in [0, 0.1) is 6.92 Å². The normalized spacial score (nSPS) is 11.2. The molecule has 0 saturated heterocycles. The van der Waals surface area contributed by atoms with Crippen molar-refractivity contribution in [3.63, 3.8) is 0 Å². The lowest BCUT2D eigenvalue weighted by Crippen LogP contribution is -2.07. The van der Waals surface area contributed by atoms with Crippen LogP contribution in [0.15, 0.2) is 43.2 Å². The quantitative estimate of drug-likeness (QED) is 0.459. The molecule has 0 fully saturated rings. The second kappa shape index (κ2) is 6.95. The van der Waals surface area contributed by atoms with Gasteiger partial charge in [0.25, 0.3) is 0 Å². The number of hydrogen-bond donors (Lipinski definition) is 2. The van der Waals surface area contributed by atoms with Crippen LogP contribution in [-0.4, -0.2) is 51.4 Å². The van der Waals surface area contributed by atoms with Crippen LogP contribution in [0.25, 0.3) is 28.4 Å². The first kappa shape index (κ1) is 17.8. The third-order valence-corrected chi connectivity index (χ3v) is 4.78. The Balaban J connectivity index is 1.70. The summed E-state index contributed by atoms with van der Waals surface area (Å²) in [7, 11) is 3.44. The van der Waals surface area contributed by atoms with Gasteiger partial charge in [-0.15, -0.1) is 5.10 Å². The molecule has 5 aromatic rings. The minimum absolute atomic E-state index is 0.433. The summed E-state index contributed by atoms with van der Waals surface area (Å²) < 4.78 is 8.74. The van der Waals surface area contributed by atoms with Crippen LogP contribution in [0.2, 0.25) is 0 Å². The monoisotopic (exact) mass is 402 g/mol. The molecule has 0 unspecified atom stereocenters. The summed E-state index contributed by atoms with van der Waals surface area (Å²) in [6, 6.07) is 1.91. The standard InChI is InChI=1S/C19H18N10O/c1-11-12(13-4-5-23-26-13)10-29-16(11)17(24-14-8-22-15(30-3)9-21-14)25-18(27-29)19-20-6-7-28(19)2/h4-10H,1-3H3,(H,23,26)(H,21,24,25,27). The Morgan fingerprint density at radius 3 is 2.70 bits per heavy atom. The molecule has 5 aromatic heterocycles. The largest absolute Gasteiger partial charge is 0.480 e. The highest BCUT2D eigenvalue weighted by Gasteiger charge is 2.19. The van der Waals surface area contributed by atoms with Crippen LogP contribution in [-0.2, 0) is 7.05 Å². The molecule has 0 aliphatic carbocycles. The number of rotatable bonds is 5. The zero-order chi connectivity index (χ0) is 20.7. The Hall–Kier alpha value is -4.28. The Morgan fingerprint density at radius 1 is 1.13 bits per heavy atom. The third-order valence-electron chi connectivity index (χ3n) is 4.78. The van der Waals surface area contributed by atoms with Crippen molar-refractivity contribution in [2.45, 2.75) is 6.92 Å². The fraction of sp³-hybridized carbons (Fsp3) is 0.158. The van der Waals surface area contributed by atoms with Crippen LogP contribution in [0.3, 0.4) is 0 Å². The van der Waals surface area contributed by atoms with Crippen molar-refractivity contribution in [1.82, 2.24) is 44.3 Å². The van der Waals surface area contributed by atoms with Crippen LogP contribution < -0.4 is 10.1 Å². The Morgan fingerprint density at radius 2 is 2.03 bits per heavy atom. The number of imidazole rings is 1. The minimum atomic E-state index is 0.433. The third kappa shape index (κ3) is 2.92. The summed E-state index contributed by atoms with van der Waals surface area (Å²) in [5.41, 5.74) is 3.68. The van der Waals surface area contributed by atoms with Gasteiger partial charge in [0.05, 0.1) is 25.2 Å². The molecule has 5 heterocycles. The van der Waals surface area contributed by atoms with Crippen molar-refractivity contribution < 1.29 is 4.74 Å². The number of methoxy groups -OCH3 is 1. The zero-order valence-electron chi connectivity index (χ0n) is 16.5. The summed E-state index contributed by atoms with van der Waals surface area (Å²) in [5, 5.41) is 15.0. The molecule has 11 heteroatoms. The van der Waals surface area contributed by atoms with E-state index in [-0.39, 0.29) is 0 Å². The maximum Gasteiger partial charge on any atom is 0.232 e. The number of fused-ring (bicyclic) bond motifs is 1. The highest BCUT2D eigenvalue weighted by molar-refractivity contribution is 5.83. The first-order valence-corrected chi connectivity index (χ1v) is 9.14. The molecule has 11 nitrogen and oxygen atoms in total. The first-order valence-electron chi connectivity index (χ1n) is 9.14. The van der Waals surface area contributed by atoms with Gasteiger partial charge in [0.1, 0.15) is 11.3 Å². The van der Waals surface area contributed by atoms with E-state index in [0.29, 0.717) is 29.2 Å². The fourth-order valence-electron chi connectivity index (χ4n) is 3.28. The highest BCUT2D eigenvalue weighted by atomic mass is 16.5. The Labute approximate surface area is 170 Å². The number of aromatic amines is 1. The molecule has 0 atom stereocenters. The molecule has 5 rings (SSSR count). The summed E-state index contributed by atoms with van der Waals surface area (Å²) >= 11 is 0. The number of nitrogens with zero attached hydrogens (tertiary/aromatic N) is 8. The van der Waals surface area contributed by atoms with E-state index in [4.69, 9.17) is 14.8 Å². The van der Waals surface area contributed by atoms with Crippen molar-refractivity contribution in [2.24, 2.45) is 7.05 Å². The van der Waals surface area contributed by atoms with E-state index in [1.165, 1.54) is 0 Å². The van der Waals surface area contributed by atoms with Crippen molar-refractivity contribution in [3.8, 4) is 28.8 Å². The SMILES string of the molecule is COc1cnc(Nc2nc(-c3nccn3C)nn3cc(-c4ccn[nH]4)c(C)c23)cn1. The van der Waals surface area contributed by atoms with E-state index in [1.54, 1.807) is 36.4 Å². The molecule has 0 spiro atoms. The lowest BCUT2D eigenvalue weighted by atomic mass is 10.1. The summed E-state index contributed by atoms with van der Waals surface area (Å²) in [5.74, 6) is 2.68. The maximum absolute atomic E-state index is 5.08. The molecule has 0 amide bonds. The van der Waals surface area contributed by atoms with Crippen LogP contribution in [0.5, 0.6) is 5.88 Å². The summed E-state index contributed by atoms with van der Waals surface area (Å²) in [6.07, 6.45) is 10.3. The minimum Gasteiger partial charge on any atom is -0.480 e. The van der Waals surface area contributed by atoms with E-state index < -0.39 is 0 Å². The van der Waals surface area contributed by atoms with Gasteiger partial charge in [-0.3, -0.25) is 5.10 Å². The van der Waals surface area contributed by atoms with Gasteiger partial charge >= 0.3 is 0 Å². The van der Waals surface area contributed by atoms with Gasteiger partial charge in [0.2, 0.25) is 11.7 Å². The summed E-state index contributed by atoms with van der Waals surface area (Å²) in [4.78, 5) is 17.7. The van der Waals surface area contributed by atoms with Gasteiger partial charge in [-0.1, -0.05) is 0 Å². The number of hydrogen-bond acceptors (Lipinski definition) is 8. The second-order valence-electron chi connectivity index (χ2n) is 6.65. The Bertz CT molecular complexity index is 1320. The van der Waals surface area contributed by atoms with Crippen molar-refractivity contribution >= 4 is 17.2 Å². The van der Waals surface area contributed by atoms with E-state index >= 15 is 0 Å². The van der Waals surface area contributed by atoms with Gasteiger partial charge in [-0.05, 0) is 18.6 Å². The zero-order valence-corrected chi connectivity index (χ0v) is 16.5. The molecular formula is C19H18N10O. The molecule has 0 bridgehead atoms. The smallest absolute Gasteiger partial charge is 0.232 e. The molecule has 150 valence electrons. The predicted molar refractivity (Wildman–Crippen MR) is 109 cm³/mol. The van der Waals surface area contributed by atoms with E-state index in [9.17, 15) is 0 Å². The van der Waals surface area contributed by atoms with Crippen LogP contribution in [0.1, 0.15) is 5.56 Å². The molecule has 0 aromatic carbocycles. The second-order valence-corrected chi connectivity index (χ2v) is 6.65. The van der Waals surface area contributed by atoms with Gasteiger partial charge in [0.15, 0.2) is 11.6 Å². The first-order chi connectivity index (χ1) is 14.6. The van der Waals surface area contributed by atoms with E-state index in [2.05, 4.69) is 30.5 Å². The highest BCUT2D eigenvalue weighted by Crippen LogP contribution is 2.31. The molecular weight excluding hydrogens is 384 g/mol. The molecule has 30 heavy (non-hydrogen) atoms. The maximum atomic E-state index is 5.08. The lowest BCUT2D eigenvalue weighted by Gasteiger charge is -2.10. The average Bonchev–Trinajstić information content (AvgIpc) is 3.49. The molecule has 2 N–H and O–H groups in total. The molecule has 0 aliphatic rings. The van der Waals surface area contributed by atoms with Crippen molar-refractivity contribution in [3.05, 3.63) is 48.8 Å². The predicted octanol–water partition coefficient (Wildman–Crippen LogP) is 2.37. The van der Waals surface area contributed by atoms with Crippen LogP contribution in [0.4, 0.5) is 11.6 Å². The lowest BCUT2D eigenvalue weighted by molar-refractivity contribution is 0.396. The molecule has 0 aliphatic heterocycles. The van der Waals surface area contributed by atoms with Gasteiger partial charge < -0.3 is 14.6 Å². The average molecular weight is 402 g/mol. The topological polar surface area (TPSA) is 124 Å². The number of nitrogens with one attached hydrogen (secondary N) is 2. The Kier molecular flexibility index (Phi) is 4.12. The summed E-state index contributed by atoms with van der Waals surface area (Å²) in [6.45, 7) is 2.01. The van der Waals surface area contributed by atoms with Gasteiger partial charge in [0, 0.05) is 37.4 Å². The van der Waals surface area contributed by atoms with Crippen LogP contribution >= 0.6 is 0 Å². The van der Waals surface area contributed by atoms with Crippen molar-refractivity contribution in [1.29, 1.82) is 0 Å². The number of H-pyrrole nitrogens is 1. The number of aryl methyl sites for hydroxylation is 2. The molecule has 0 radical (unpaired) electrons. The number of aromatic nitrogens is 9. The number of anilines is 2. The van der Waals surface area contributed by atoms with E-state index in [0.717, 1.165) is 22.3 Å². The van der Waals surface area contributed by atoms with E-state index in [1.807, 2.05) is 37.0 Å². The van der Waals surface area contributed by atoms with Crippen molar-refractivity contribution in [2.75, 3.05) is 12.4 Å². The van der Waals surface area contributed by atoms with Gasteiger partial charge in [-0.25, -0.2) is 24.5 Å². The fourth-order valence-corrected chi connectivity index (χ4v) is 3.28. The van der Waals surface area contributed by atoms with Gasteiger partial charge in [-0.2, -0.15) is 5.10 Å². The number of ether oxygens (including phenoxy) is 1.